The molecule has 0 aromatic heterocycles. The van der Waals surface area contributed by atoms with Gasteiger partial charge in [0.1, 0.15) is 5.82 Å². The monoisotopic (exact) mass is 387 g/mol. The third-order valence-electron chi connectivity index (χ3n) is 5.67. The maximum absolute atomic E-state index is 14.5. The number of methoxy groups -OCH3 is 3. The van der Waals surface area contributed by atoms with E-state index < -0.39 is 0 Å². The van der Waals surface area contributed by atoms with Crippen LogP contribution in [0.15, 0.2) is 36.4 Å². The summed E-state index contributed by atoms with van der Waals surface area (Å²) in [6.45, 7) is 3.08. The molecule has 1 atom stereocenters. The van der Waals surface area contributed by atoms with E-state index >= 15 is 0 Å². The third-order valence-corrected chi connectivity index (χ3v) is 5.67. The predicted octanol–water partition coefficient (Wildman–Crippen LogP) is 4.05. The van der Waals surface area contributed by atoms with Crippen molar-refractivity contribution in [3.8, 4) is 17.2 Å². The van der Waals surface area contributed by atoms with Gasteiger partial charge < -0.3 is 19.1 Å². The Bertz CT molecular complexity index is 844. The lowest BCUT2D eigenvalue weighted by Gasteiger charge is -2.29. The van der Waals surface area contributed by atoms with Crippen molar-refractivity contribution in [2.75, 3.05) is 34.4 Å². The van der Waals surface area contributed by atoms with E-state index in [1.54, 1.807) is 23.1 Å². The summed E-state index contributed by atoms with van der Waals surface area (Å²) in [5.41, 5.74) is 0.759. The van der Waals surface area contributed by atoms with Gasteiger partial charge in [-0.2, -0.15) is 0 Å². The van der Waals surface area contributed by atoms with E-state index in [2.05, 4.69) is 0 Å². The van der Waals surface area contributed by atoms with Crippen LogP contribution in [0.1, 0.15) is 35.7 Å². The summed E-state index contributed by atoms with van der Waals surface area (Å²) in [6, 6.07) is 10.1. The molecule has 0 radical (unpaired) electrons. The smallest absolute Gasteiger partial charge is 0.254 e. The van der Waals surface area contributed by atoms with Gasteiger partial charge in [0.05, 0.1) is 21.3 Å². The standard InChI is InChI=1S/C22H26FNO4/c1-5-22(16-8-6-7-9-17(16)23)10-11-24(14-22)21(25)15-12-18(26-2)20(28-4)19(13-15)27-3/h6-9,12-13H,5,10-11,14H2,1-4H3. The molecule has 28 heavy (non-hydrogen) atoms. The first kappa shape index (κ1) is 20.0. The number of carbonyl (C=O) groups excluding carboxylic acids is 1. The molecule has 1 fully saturated rings. The zero-order valence-electron chi connectivity index (χ0n) is 16.8. The van der Waals surface area contributed by atoms with E-state index in [-0.39, 0.29) is 17.1 Å². The Morgan fingerprint density at radius 2 is 1.75 bits per heavy atom. The van der Waals surface area contributed by atoms with Crippen LogP contribution < -0.4 is 14.2 Å². The van der Waals surface area contributed by atoms with Crippen LogP contribution in [-0.2, 0) is 5.41 Å². The van der Waals surface area contributed by atoms with Crippen LogP contribution >= 0.6 is 0 Å². The highest BCUT2D eigenvalue weighted by Crippen LogP contribution is 2.41. The average Bonchev–Trinajstić information content (AvgIpc) is 3.18. The van der Waals surface area contributed by atoms with Crippen molar-refractivity contribution in [1.29, 1.82) is 0 Å². The first-order chi connectivity index (χ1) is 13.5. The number of carbonyl (C=O) groups is 1. The number of hydrogen-bond acceptors (Lipinski definition) is 4. The minimum Gasteiger partial charge on any atom is -0.493 e. The molecule has 6 heteroatoms. The molecule has 1 aliphatic heterocycles. The van der Waals surface area contributed by atoms with E-state index in [0.717, 1.165) is 12.8 Å². The molecule has 0 bridgehead atoms. The quantitative estimate of drug-likeness (QED) is 0.750. The summed E-state index contributed by atoms with van der Waals surface area (Å²) in [5, 5.41) is 0. The van der Waals surface area contributed by atoms with Crippen molar-refractivity contribution in [2.45, 2.75) is 25.2 Å². The van der Waals surface area contributed by atoms with Crippen molar-refractivity contribution in [3.05, 3.63) is 53.3 Å². The van der Waals surface area contributed by atoms with Crippen LogP contribution in [0.4, 0.5) is 4.39 Å². The number of ether oxygens (including phenoxy) is 3. The number of amides is 1. The molecule has 1 aliphatic rings. The average molecular weight is 387 g/mol. The zero-order valence-corrected chi connectivity index (χ0v) is 16.8. The van der Waals surface area contributed by atoms with Crippen LogP contribution in [0.3, 0.4) is 0 Å². The maximum atomic E-state index is 14.5. The summed E-state index contributed by atoms with van der Waals surface area (Å²) in [7, 11) is 4.55. The first-order valence-electron chi connectivity index (χ1n) is 9.34. The lowest BCUT2D eigenvalue weighted by molar-refractivity contribution is 0.0781. The molecule has 3 rings (SSSR count). The molecular weight excluding hydrogens is 361 g/mol. The number of hydrogen-bond donors (Lipinski definition) is 0. The highest BCUT2D eigenvalue weighted by Gasteiger charge is 2.41. The third kappa shape index (κ3) is 3.39. The number of likely N-dealkylation sites (tertiary alicyclic amines) is 1. The van der Waals surface area contributed by atoms with Gasteiger partial charge in [0.25, 0.3) is 5.91 Å². The Kier molecular flexibility index (Phi) is 5.77. The second kappa shape index (κ2) is 8.09. The van der Waals surface area contributed by atoms with Crippen LogP contribution in [0.25, 0.3) is 0 Å². The Morgan fingerprint density at radius 3 is 2.29 bits per heavy atom. The Morgan fingerprint density at radius 1 is 1.11 bits per heavy atom. The van der Waals surface area contributed by atoms with E-state index in [9.17, 15) is 9.18 Å². The zero-order chi connectivity index (χ0) is 20.3. The van der Waals surface area contributed by atoms with Crippen LogP contribution in [0.5, 0.6) is 17.2 Å². The van der Waals surface area contributed by atoms with Gasteiger partial charge in [-0.25, -0.2) is 4.39 Å². The van der Waals surface area contributed by atoms with Gasteiger partial charge in [0.2, 0.25) is 5.75 Å². The van der Waals surface area contributed by atoms with Crippen LogP contribution in [0.2, 0.25) is 0 Å². The van der Waals surface area contributed by atoms with E-state index in [4.69, 9.17) is 14.2 Å². The predicted molar refractivity (Wildman–Crippen MR) is 105 cm³/mol. The van der Waals surface area contributed by atoms with Gasteiger partial charge in [0, 0.05) is 24.1 Å². The molecule has 0 spiro atoms. The molecule has 1 heterocycles. The van der Waals surface area contributed by atoms with Crippen LogP contribution in [0, 0.1) is 5.82 Å². The minimum absolute atomic E-state index is 0.133. The number of halogens is 1. The Labute approximate surface area is 165 Å². The lowest BCUT2D eigenvalue weighted by atomic mass is 9.77. The second-order valence-electron chi connectivity index (χ2n) is 7.00. The molecular formula is C22H26FNO4. The molecule has 0 N–H and O–H groups in total. The Balaban J connectivity index is 1.91. The van der Waals surface area contributed by atoms with Gasteiger partial charge in [0.15, 0.2) is 11.5 Å². The van der Waals surface area contributed by atoms with Gasteiger partial charge in [-0.15, -0.1) is 0 Å². The largest absolute Gasteiger partial charge is 0.493 e. The van der Waals surface area contributed by atoms with Crippen molar-refractivity contribution < 1.29 is 23.4 Å². The number of rotatable bonds is 6. The van der Waals surface area contributed by atoms with Gasteiger partial charge in [-0.3, -0.25) is 4.79 Å². The van der Waals surface area contributed by atoms with E-state index in [0.29, 0.717) is 41.5 Å². The molecule has 0 saturated carbocycles. The normalized spacial score (nSPS) is 18.8. The molecule has 5 nitrogen and oxygen atoms in total. The van der Waals surface area contributed by atoms with Crippen molar-refractivity contribution in [1.82, 2.24) is 4.90 Å². The summed E-state index contributed by atoms with van der Waals surface area (Å²) < 4.78 is 30.5. The molecule has 2 aromatic rings. The first-order valence-corrected chi connectivity index (χ1v) is 9.34. The van der Waals surface area contributed by atoms with Crippen molar-refractivity contribution in [3.63, 3.8) is 0 Å². The highest BCUT2D eigenvalue weighted by atomic mass is 19.1. The molecule has 150 valence electrons. The number of benzene rings is 2. The SMILES string of the molecule is CCC1(c2ccccc2F)CCN(C(=O)c2cc(OC)c(OC)c(OC)c2)C1. The fraction of sp³-hybridized carbons (Fsp3) is 0.409. The molecule has 1 amide bonds. The van der Waals surface area contributed by atoms with Crippen molar-refractivity contribution >= 4 is 5.91 Å². The molecule has 1 saturated heterocycles. The second-order valence-corrected chi connectivity index (χ2v) is 7.00. The van der Waals surface area contributed by atoms with Crippen molar-refractivity contribution in [2.24, 2.45) is 0 Å². The summed E-state index contributed by atoms with van der Waals surface area (Å²) in [5.74, 6) is 0.954. The molecule has 2 aromatic carbocycles. The van der Waals surface area contributed by atoms with E-state index in [1.807, 2.05) is 19.1 Å². The highest BCUT2D eigenvalue weighted by molar-refractivity contribution is 5.96. The van der Waals surface area contributed by atoms with E-state index in [1.165, 1.54) is 27.4 Å². The minimum atomic E-state index is -0.373. The molecule has 1 unspecified atom stereocenters. The summed E-state index contributed by atoms with van der Waals surface area (Å²) in [4.78, 5) is 15.0. The number of nitrogens with zero attached hydrogens (tertiary/aromatic N) is 1. The van der Waals surface area contributed by atoms with Crippen LogP contribution in [-0.4, -0.2) is 45.2 Å². The fourth-order valence-electron chi connectivity index (χ4n) is 4.02. The Hall–Kier alpha value is -2.76. The summed E-state index contributed by atoms with van der Waals surface area (Å²) >= 11 is 0. The lowest BCUT2D eigenvalue weighted by Crippen LogP contribution is -2.34. The maximum Gasteiger partial charge on any atom is 0.254 e. The topological polar surface area (TPSA) is 48.0 Å². The fourth-order valence-corrected chi connectivity index (χ4v) is 4.02. The van der Waals surface area contributed by atoms with Gasteiger partial charge in [-0.1, -0.05) is 25.1 Å². The summed E-state index contributed by atoms with van der Waals surface area (Å²) in [6.07, 6.45) is 1.48. The van der Waals surface area contributed by atoms with Gasteiger partial charge in [-0.05, 0) is 36.6 Å². The van der Waals surface area contributed by atoms with Gasteiger partial charge >= 0.3 is 0 Å². The molecule has 0 aliphatic carbocycles.